The van der Waals surface area contributed by atoms with E-state index < -0.39 is 22.2 Å². The van der Waals surface area contributed by atoms with Gasteiger partial charge >= 0.3 is 5.69 Å². The molecule has 1 aromatic carbocycles. The molecule has 0 bridgehead atoms. The van der Waals surface area contributed by atoms with Gasteiger partial charge in [0, 0.05) is 18.7 Å². The molecule has 0 aliphatic carbocycles. The summed E-state index contributed by atoms with van der Waals surface area (Å²) in [4.78, 5) is 9.51. The maximum atomic E-state index is 13.2. The van der Waals surface area contributed by atoms with Crippen LogP contribution < -0.4 is 11.1 Å². The van der Waals surface area contributed by atoms with Gasteiger partial charge in [-0.15, -0.1) is 0 Å². The second-order valence-electron chi connectivity index (χ2n) is 3.11. The summed E-state index contributed by atoms with van der Waals surface area (Å²) in [6.45, 7) is 0.786. The van der Waals surface area contributed by atoms with Crippen LogP contribution in [0.5, 0.6) is 0 Å². The van der Waals surface area contributed by atoms with Crippen LogP contribution >= 0.6 is 0 Å². The molecule has 0 heterocycles. The largest absolute Gasteiger partial charge is 0.382 e. The Morgan fingerprint density at radius 3 is 2.62 bits per heavy atom. The molecule has 0 radical (unpaired) electrons. The number of benzene rings is 1. The third-order valence-corrected chi connectivity index (χ3v) is 1.93. The minimum atomic E-state index is -1.19. The minimum absolute atomic E-state index is 0.0958. The summed E-state index contributed by atoms with van der Waals surface area (Å²) in [5.41, 5.74) is 4.38. The van der Waals surface area contributed by atoms with Crippen molar-refractivity contribution in [3.05, 3.63) is 33.9 Å². The fraction of sp³-hybridized carbons (Fsp3) is 0.333. The quantitative estimate of drug-likeness (QED) is 0.458. The van der Waals surface area contributed by atoms with Crippen LogP contribution in [-0.4, -0.2) is 18.0 Å². The van der Waals surface area contributed by atoms with Gasteiger partial charge in [-0.25, -0.2) is 4.39 Å². The number of nitro benzene ring substituents is 1. The molecule has 0 aromatic heterocycles. The molecule has 7 heteroatoms. The Morgan fingerprint density at radius 1 is 1.38 bits per heavy atom. The number of nitrogens with one attached hydrogen (secondary N) is 1. The minimum Gasteiger partial charge on any atom is -0.382 e. The summed E-state index contributed by atoms with van der Waals surface area (Å²) in [5, 5.41) is 13.0. The van der Waals surface area contributed by atoms with Gasteiger partial charge in [0.05, 0.1) is 10.6 Å². The predicted molar refractivity (Wildman–Crippen MR) is 55.2 cm³/mol. The molecule has 1 rings (SSSR count). The van der Waals surface area contributed by atoms with Gasteiger partial charge in [-0.05, 0) is 13.0 Å². The summed E-state index contributed by atoms with van der Waals surface area (Å²) in [5.74, 6) is -2.05. The van der Waals surface area contributed by atoms with E-state index in [1.807, 2.05) is 0 Å². The average molecular weight is 231 g/mol. The average Bonchev–Trinajstić information content (AvgIpc) is 2.21. The third-order valence-electron chi connectivity index (χ3n) is 1.93. The van der Waals surface area contributed by atoms with Crippen molar-refractivity contribution in [2.24, 2.45) is 5.73 Å². The molecular weight excluding hydrogens is 220 g/mol. The summed E-state index contributed by atoms with van der Waals surface area (Å²) >= 11 is 0. The molecule has 0 saturated heterocycles. The topological polar surface area (TPSA) is 81.2 Å². The lowest BCUT2D eigenvalue weighted by molar-refractivity contribution is -0.387. The summed E-state index contributed by atoms with van der Waals surface area (Å²) in [6.07, 6.45) is 0.588. The number of nitro groups is 1. The molecule has 0 aliphatic heterocycles. The SMILES string of the molecule is NCCCNc1cc([N+](=O)[O-])c(F)cc1F. The molecule has 0 spiro atoms. The Kier molecular flexibility index (Phi) is 4.12. The van der Waals surface area contributed by atoms with Crippen LogP contribution in [0.2, 0.25) is 0 Å². The van der Waals surface area contributed by atoms with Crippen molar-refractivity contribution in [3.63, 3.8) is 0 Å². The van der Waals surface area contributed by atoms with Crippen LogP contribution in [0.4, 0.5) is 20.2 Å². The van der Waals surface area contributed by atoms with E-state index in [0.717, 1.165) is 6.07 Å². The zero-order chi connectivity index (χ0) is 12.1. The van der Waals surface area contributed by atoms with Gasteiger partial charge in [0.1, 0.15) is 5.82 Å². The molecule has 0 unspecified atom stereocenters. The normalized spacial score (nSPS) is 10.2. The van der Waals surface area contributed by atoms with Crippen LogP contribution in [0.3, 0.4) is 0 Å². The molecule has 3 N–H and O–H groups in total. The Balaban J connectivity index is 2.91. The number of hydrogen-bond acceptors (Lipinski definition) is 4. The van der Waals surface area contributed by atoms with E-state index in [9.17, 15) is 18.9 Å². The van der Waals surface area contributed by atoms with Gasteiger partial charge in [0.2, 0.25) is 5.82 Å². The molecule has 88 valence electrons. The van der Waals surface area contributed by atoms with Crippen LogP contribution in [-0.2, 0) is 0 Å². The monoisotopic (exact) mass is 231 g/mol. The highest BCUT2D eigenvalue weighted by Crippen LogP contribution is 2.24. The Hall–Kier alpha value is -1.76. The first-order chi connectivity index (χ1) is 7.56. The van der Waals surface area contributed by atoms with E-state index in [0.29, 0.717) is 25.6 Å². The molecule has 1 aromatic rings. The van der Waals surface area contributed by atoms with Crippen LogP contribution in [0.15, 0.2) is 12.1 Å². The maximum absolute atomic E-state index is 13.2. The lowest BCUT2D eigenvalue weighted by Gasteiger charge is -2.06. The smallest absolute Gasteiger partial charge is 0.307 e. The number of anilines is 1. The van der Waals surface area contributed by atoms with Crippen LogP contribution in [0.25, 0.3) is 0 Å². The maximum Gasteiger partial charge on any atom is 0.307 e. The fourth-order valence-corrected chi connectivity index (χ4v) is 1.14. The van der Waals surface area contributed by atoms with Crippen molar-refractivity contribution in [1.82, 2.24) is 0 Å². The number of rotatable bonds is 5. The van der Waals surface area contributed by atoms with E-state index in [-0.39, 0.29) is 5.69 Å². The summed E-state index contributed by atoms with van der Waals surface area (Å²) in [7, 11) is 0. The highest BCUT2D eigenvalue weighted by atomic mass is 19.1. The molecule has 0 atom stereocenters. The number of nitrogens with two attached hydrogens (primary N) is 1. The van der Waals surface area contributed by atoms with Crippen molar-refractivity contribution < 1.29 is 13.7 Å². The van der Waals surface area contributed by atoms with E-state index in [2.05, 4.69) is 5.32 Å². The Labute approximate surface area is 90.4 Å². The standard InChI is InChI=1S/C9H11F2N3O2/c10-6-4-7(11)9(14(15)16)5-8(6)13-3-1-2-12/h4-5,13H,1-3,12H2. The highest BCUT2D eigenvalue weighted by Gasteiger charge is 2.18. The fourth-order valence-electron chi connectivity index (χ4n) is 1.14. The molecule has 0 aliphatic rings. The Morgan fingerprint density at radius 2 is 2.06 bits per heavy atom. The van der Waals surface area contributed by atoms with E-state index in [4.69, 9.17) is 5.73 Å². The zero-order valence-corrected chi connectivity index (χ0v) is 8.37. The second-order valence-corrected chi connectivity index (χ2v) is 3.11. The van der Waals surface area contributed by atoms with Crippen LogP contribution in [0.1, 0.15) is 6.42 Å². The van der Waals surface area contributed by atoms with Gasteiger partial charge in [0.15, 0.2) is 0 Å². The Bertz CT molecular complexity index is 399. The first-order valence-electron chi connectivity index (χ1n) is 4.63. The number of nitrogens with zero attached hydrogens (tertiary/aromatic N) is 1. The van der Waals surface area contributed by atoms with E-state index in [1.165, 1.54) is 0 Å². The predicted octanol–water partition coefficient (Wildman–Crippen LogP) is 1.63. The van der Waals surface area contributed by atoms with Gasteiger partial charge in [0.25, 0.3) is 0 Å². The summed E-state index contributed by atoms with van der Waals surface area (Å²) in [6, 6.07) is 1.32. The van der Waals surface area contributed by atoms with Crippen LogP contribution in [0, 0.1) is 21.7 Å². The third kappa shape index (κ3) is 2.86. The molecular formula is C9H11F2N3O2. The molecule has 5 nitrogen and oxygen atoms in total. The van der Waals surface area contributed by atoms with Gasteiger partial charge in [-0.1, -0.05) is 0 Å². The lowest BCUT2D eigenvalue weighted by Crippen LogP contribution is -2.10. The second kappa shape index (κ2) is 5.36. The van der Waals surface area contributed by atoms with Crippen molar-refractivity contribution >= 4 is 11.4 Å². The zero-order valence-electron chi connectivity index (χ0n) is 8.37. The van der Waals surface area contributed by atoms with Gasteiger partial charge in [-0.3, -0.25) is 10.1 Å². The molecule has 0 fully saturated rings. The molecule has 0 saturated carbocycles. The van der Waals surface area contributed by atoms with Gasteiger partial charge < -0.3 is 11.1 Å². The van der Waals surface area contributed by atoms with Crippen molar-refractivity contribution in [2.45, 2.75) is 6.42 Å². The first kappa shape index (κ1) is 12.3. The number of halogens is 2. The summed E-state index contributed by atoms with van der Waals surface area (Å²) < 4.78 is 26.1. The highest BCUT2D eigenvalue weighted by molar-refractivity contribution is 5.53. The first-order valence-corrected chi connectivity index (χ1v) is 4.63. The molecule has 16 heavy (non-hydrogen) atoms. The van der Waals surface area contributed by atoms with E-state index >= 15 is 0 Å². The number of hydrogen-bond donors (Lipinski definition) is 2. The van der Waals surface area contributed by atoms with Crippen molar-refractivity contribution in [1.29, 1.82) is 0 Å². The van der Waals surface area contributed by atoms with E-state index in [1.54, 1.807) is 0 Å². The molecule has 0 amide bonds. The van der Waals surface area contributed by atoms with Crippen molar-refractivity contribution in [3.8, 4) is 0 Å². The lowest BCUT2D eigenvalue weighted by atomic mass is 10.2. The van der Waals surface area contributed by atoms with Crippen molar-refractivity contribution in [2.75, 3.05) is 18.4 Å². The van der Waals surface area contributed by atoms with Gasteiger partial charge in [-0.2, -0.15) is 4.39 Å².